The van der Waals surface area contributed by atoms with Crippen molar-refractivity contribution in [1.82, 2.24) is 0 Å². The highest BCUT2D eigenvalue weighted by molar-refractivity contribution is 5.22. The topological polar surface area (TPSA) is 0 Å². The Balaban J connectivity index is 4.24. The molecule has 0 nitrogen and oxygen atoms in total. The maximum Gasteiger partial charge on any atom is -0.00716 e. The molecule has 0 saturated carbocycles. The first-order chi connectivity index (χ1) is 3.68. The average molecular weight is 108 g/mol. The molecule has 0 saturated heterocycles. The van der Waals surface area contributed by atoms with Crippen molar-refractivity contribution in [2.75, 3.05) is 0 Å². The van der Waals surface area contributed by atoms with Crippen LogP contribution in [0.2, 0.25) is 0 Å². The monoisotopic (exact) mass is 108 g/mol. The molecular weight excluding hydrogens is 96.1 g/mol. The van der Waals surface area contributed by atoms with E-state index in [1.165, 1.54) is 0 Å². The summed E-state index contributed by atoms with van der Waals surface area (Å²) >= 11 is 0. The Kier molecular flexibility index (Phi) is 2.98. The molecule has 44 valence electrons. The largest absolute Gasteiger partial charge is 0.122 e. The number of hydrogen-bond acceptors (Lipinski definition) is 0. The summed E-state index contributed by atoms with van der Waals surface area (Å²) in [5, 5.41) is 0. The highest BCUT2D eigenvalue weighted by atomic mass is 13.9. The molecule has 0 aromatic carbocycles. The van der Waals surface area contributed by atoms with Crippen LogP contribution in [0.3, 0.4) is 0 Å². The molecule has 0 N–H and O–H groups in total. The van der Waals surface area contributed by atoms with Crippen LogP contribution >= 0.6 is 0 Å². The molecule has 0 aromatic heterocycles. The summed E-state index contributed by atoms with van der Waals surface area (Å²) in [4.78, 5) is 0. The third-order valence-corrected chi connectivity index (χ3v) is 1.00. The van der Waals surface area contributed by atoms with E-state index in [1.807, 2.05) is 26.8 Å². The second-order valence-electron chi connectivity index (χ2n) is 1.84. The van der Waals surface area contributed by atoms with E-state index in [1.54, 1.807) is 0 Å². The van der Waals surface area contributed by atoms with Gasteiger partial charge in [0, 0.05) is 0 Å². The Labute approximate surface area is 51.2 Å². The van der Waals surface area contributed by atoms with Gasteiger partial charge in [0.25, 0.3) is 0 Å². The van der Waals surface area contributed by atoms with E-state index in [9.17, 15) is 0 Å². The van der Waals surface area contributed by atoms with Crippen molar-refractivity contribution in [3.63, 3.8) is 0 Å². The molecule has 0 aromatic rings. The van der Waals surface area contributed by atoms with Crippen LogP contribution in [0.4, 0.5) is 0 Å². The summed E-state index contributed by atoms with van der Waals surface area (Å²) < 4.78 is 0. The van der Waals surface area contributed by atoms with Crippen LogP contribution < -0.4 is 0 Å². The predicted molar refractivity (Wildman–Crippen MR) is 37.8 cm³/mol. The standard InChI is InChI=1S/C8H12/c1-5-6-8(4)7(2)3/h5H,2H2,1,3-4H3. The minimum Gasteiger partial charge on any atom is -0.122 e. The van der Waals surface area contributed by atoms with E-state index in [0.717, 1.165) is 11.1 Å². The Bertz CT molecular complexity index is 143. The SMILES string of the molecule is C=C(C)C(C)=C=CC. The van der Waals surface area contributed by atoms with Crippen LogP contribution in [-0.2, 0) is 0 Å². The predicted octanol–water partition coefficient (Wildman–Crippen LogP) is 2.68. The van der Waals surface area contributed by atoms with Crippen LogP contribution in [0.25, 0.3) is 0 Å². The molecule has 0 heteroatoms. The van der Waals surface area contributed by atoms with E-state index in [-0.39, 0.29) is 0 Å². The quantitative estimate of drug-likeness (QED) is 0.358. The highest BCUT2D eigenvalue weighted by Crippen LogP contribution is 2.00. The van der Waals surface area contributed by atoms with E-state index >= 15 is 0 Å². The van der Waals surface area contributed by atoms with Crippen LogP contribution in [-0.4, -0.2) is 0 Å². The van der Waals surface area contributed by atoms with Gasteiger partial charge >= 0.3 is 0 Å². The lowest BCUT2D eigenvalue weighted by molar-refractivity contribution is 1.37. The maximum absolute atomic E-state index is 3.75. The highest BCUT2D eigenvalue weighted by Gasteiger charge is 1.81. The van der Waals surface area contributed by atoms with Crippen molar-refractivity contribution < 1.29 is 0 Å². The third-order valence-electron chi connectivity index (χ3n) is 1.00. The summed E-state index contributed by atoms with van der Waals surface area (Å²) in [6, 6.07) is 0. The van der Waals surface area contributed by atoms with Gasteiger partial charge in [0.2, 0.25) is 0 Å². The van der Waals surface area contributed by atoms with E-state index in [4.69, 9.17) is 0 Å². The van der Waals surface area contributed by atoms with Crippen LogP contribution in [0.1, 0.15) is 20.8 Å². The lowest BCUT2D eigenvalue weighted by Gasteiger charge is -1.89. The van der Waals surface area contributed by atoms with Gasteiger partial charge in [-0.1, -0.05) is 6.58 Å². The molecule has 0 fully saturated rings. The molecule has 0 heterocycles. The van der Waals surface area contributed by atoms with Crippen LogP contribution in [0, 0.1) is 0 Å². The zero-order chi connectivity index (χ0) is 6.57. The molecule has 0 aliphatic heterocycles. The van der Waals surface area contributed by atoms with Crippen LogP contribution in [0.5, 0.6) is 0 Å². The summed E-state index contributed by atoms with van der Waals surface area (Å²) in [6.07, 6.45) is 1.89. The Morgan fingerprint density at radius 3 is 2.12 bits per heavy atom. The zero-order valence-electron chi connectivity index (χ0n) is 5.78. The fourth-order valence-electron chi connectivity index (χ4n) is 0.340. The lowest BCUT2D eigenvalue weighted by Crippen LogP contribution is -1.69. The van der Waals surface area contributed by atoms with Gasteiger partial charge in [-0.3, -0.25) is 0 Å². The minimum atomic E-state index is 1.09. The molecule has 0 aliphatic rings. The number of allylic oxidation sites excluding steroid dienone is 2. The number of rotatable bonds is 1. The number of hydrogen-bond donors (Lipinski definition) is 0. The Hall–Kier alpha value is -0.740. The lowest BCUT2D eigenvalue weighted by atomic mass is 10.2. The van der Waals surface area contributed by atoms with Gasteiger partial charge < -0.3 is 0 Å². The van der Waals surface area contributed by atoms with Crippen molar-refractivity contribution in [1.29, 1.82) is 0 Å². The molecule has 8 heavy (non-hydrogen) atoms. The molecule has 0 aliphatic carbocycles. The molecule has 0 radical (unpaired) electrons. The smallest absolute Gasteiger partial charge is 0.00716 e. The van der Waals surface area contributed by atoms with Gasteiger partial charge in [0.15, 0.2) is 0 Å². The van der Waals surface area contributed by atoms with Gasteiger partial charge in [0.05, 0.1) is 0 Å². The summed E-state index contributed by atoms with van der Waals surface area (Å²) in [6.45, 7) is 9.69. The minimum absolute atomic E-state index is 1.09. The Morgan fingerprint density at radius 2 is 2.00 bits per heavy atom. The molecule has 0 bridgehead atoms. The molecular formula is C8H12. The van der Waals surface area contributed by atoms with Crippen molar-refractivity contribution in [3.05, 3.63) is 29.5 Å². The van der Waals surface area contributed by atoms with Crippen molar-refractivity contribution >= 4 is 0 Å². The van der Waals surface area contributed by atoms with E-state index < -0.39 is 0 Å². The first kappa shape index (κ1) is 7.26. The van der Waals surface area contributed by atoms with Gasteiger partial charge in [-0.05, 0) is 38.0 Å². The van der Waals surface area contributed by atoms with Crippen molar-refractivity contribution in [2.24, 2.45) is 0 Å². The summed E-state index contributed by atoms with van der Waals surface area (Å²) in [7, 11) is 0. The first-order valence-corrected chi connectivity index (χ1v) is 2.72. The first-order valence-electron chi connectivity index (χ1n) is 2.72. The second kappa shape index (κ2) is 3.29. The molecule has 0 amide bonds. The molecule has 0 spiro atoms. The Morgan fingerprint density at radius 1 is 1.50 bits per heavy atom. The molecule has 0 unspecified atom stereocenters. The fraction of sp³-hybridized carbons (Fsp3) is 0.375. The van der Waals surface area contributed by atoms with E-state index in [2.05, 4.69) is 12.3 Å². The molecule has 0 atom stereocenters. The fourth-order valence-corrected chi connectivity index (χ4v) is 0.340. The van der Waals surface area contributed by atoms with Crippen molar-refractivity contribution in [3.8, 4) is 0 Å². The second-order valence-corrected chi connectivity index (χ2v) is 1.84. The average Bonchev–Trinajstić information content (AvgIpc) is 1.67. The van der Waals surface area contributed by atoms with Gasteiger partial charge in [0.1, 0.15) is 0 Å². The zero-order valence-corrected chi connectivity index (χ0v) is 5.78. The molecule has 0 rings (SSSR count). The summed E-state index contributed by atoms with van der Waals surface area (Å²) in [5.41, 5.74) is 5.26. The van der Waals surface area contributed by atoms with Gasteiger partial charge in [-0.15, -0.1) is 5.73 Å². The summed E-state index contributed by atoms with van der Waals surface area (Å²) in [5.74, 6) is 0. The normalized spacial score (nSPS) is 7.38. The van der Waals surface area contributed by atoms with E-state index in [0.29, 0.717) is 0 Å². The van der Waals surface area contributed by atoms with Gasteiger partial charge in [-0.2, -0.15) is 0 Å². The van der Waals surface area contributed by atoms with Crippen molar-refractivity contribution in [2.45, 2.75) is 20.8 Å². The van der Waals surface area contributed by atoms with Gasteiger partial charge in [-0.25, -0.2) is 0 Å². The maximum atomic E-state index is 3.75. The van der Waals surface area contributed by atoms with Crippen LogP contribution in [0.15, 0.2) is 29.5 Å². The third kappa shape index (κ3) is 2.44.